The van der Waals surface area contributed by atoms with Crippen LogP contribution in [-0.4, -0.2) is 32.5 Å². The fraction of sp³-hybridized carbons (Fsp3) is 0.222. The summed E-state index contributed by atoms with van der Waals surface area (Å²) in [6.07, 6.45) is 1.11. The monoisotopic (exact) mass is 443 g/mol. The van der Waals surface area contributed by atoms with Gasteiger partial charge in [0.15, 0.2) is 0 Å². The molecule has 0 heterocycles. The molecule has 0 aliphatic carbocycles. The van der Waals surface area contributed by atoms with Gasteiger partial charge in [0.2, 0.25) is 15.9 Å². The molecule has 1 atom stereocenters. The smallest absolute Gasteiger partial charge is 0.250 e. The van der Waals surface area contributed by atoms with Crippen molar-refractivity contribution in [3.63, 3.8) is 0 Å². The number of rotatable bonds is 7. The van der Waals surface area contributed by atoms with Crippen LogP contribution in [0.3, 0.4) is 0 Å². The Labute approximate surface area is 173 Å². The summed E-state index contributed by atoms with van der Waals surface area (Å²) >= 11 is 12.2. The average Bonchev–Trinajstić information content (AvgIpc) is 2.61. The molecule has 0 fully saturated rings. The van der Waals surface area contributed by atoms with Crippen molar-refractivity contribution >= 4 is 56.4 Å². The zero-order valence-electron chi connectivity index (χ0n) is 15.1. The molecule has 2 aromatic rings. The van der Waals surface area contributed by atoms with Crippen LogP contribution in [-0.2, 0) is 14.8 Å². The first kappa shape index (κ1) is 22.0. The Hall–Kier alpha value is -2.29. The van der Waals surface area contributed by atoms with E-state index < -0.39 is 27.9 Å². The second-order valence-electron chi connectivity index (χ2n) is 5.98. The van der Waals surface area contributed by atoms with Gasteiger partial charge in [-0.05, 0) is 36.8 Å². The largest absolute Gasteiger partial charge is 0.366 e. The van der Waals surface area contributed by atoms with E-state index in [-0.39, 0.29) is 33.4 Å². The van der Waals surface area contributed by atoms with Crippen LogP contribution in [0.2, 0.25) is 10.0 Å². The van der Waals surface area contributed by atoms with E-state index in [1.165, 1.54) is 30.3 Å². The van der Waals surface area contributed by atoms with Crippen molar-refractivity contribution in [1.29, 1.82) is 0 Å². The number of nitrogens with one attached hydrogen (secondary N) is 1. The van der Waals surface area contributed by atoms with Gasteiger partial charge in [-0.3, -0.25) is 13.9 Å². The average molecular weight is 444 g/mol. The minimum absolute atomic E-state index is 0.0850. The van der Waals surface area contributed by atoms with Crippen LogP contribution in [0.4, 0.5) is 11.4 Å². The molecule has 2 rings (SSSR count). The number of para-hydroxylation sites is 1. The summed E-state index contributed by atoms with van der Waals surface area (Å²) in [6, 6.07) is 9.38. The van der Waals surface area contributed by atoms with Gasteiger partial charge < -0.3 is 11.1 Å². The summed E-state index contributed by atoms with van der Waals surface area (Å²) in [6.45, 7) is 1.65. The van der Waals surface area contributed by atoms with Crippen molar-refractivity contribution in [1.82, 2.24) is 0 Å². The van der Waals surface area contributed by atoms with Gasteiger partial charge in [-0.2, -0.15) is 0 Å². The first-order valence-electron chi connectivity index (χ1n) is 8.20. The molecule has 10 heteroatoms. The van der Waals surface area contributed by atoms with Gasteiger partial charge in [-0.15, -0.1) is 0 Å². The number of primary amides is 1. The second kappa shape index (κ2) is 8.81. The van der Waals surface area contributed by atoms with Crippen LogP contribution in [0.1, 0.15) is 23.7 Å². The van der Waals surface area contributed by atoms with Crippen molar-refractivity contribution in [3.05, 3.63) is 58.1 Å². The fourth-order valence-corrected chi connectivity index (χ4v) is 4.35. The van der Waals surface area contributed by atoms with Gasteiger partial charge in [0.25, 0.3) is 5.91 Å². The molecule has 0 aliphatic heterocycles. The Balaban J connectivity index is 2.49. The number of carbonyl (C=O) groups is 2. The van der Waals surface area contributed by atoms with Gasteiger partial charge in [-0.1, -0.05) is 42.3 Å². The first-order valence-corrected chi connectivity index (χ1v) is 10.8. The number of nitrogens with two attached hydrogens (primary N) is 1. The molecule has 0 aromatic heterocycles. The lowest BCUT2D eigenvalue weighted by atomic mass is 10.1. The Bertz CT molecular complexity index is 1010. The van der Waals surface area contributed by atoms with Crippen molar-refractivity contribution in [2.24, 2.45) is 5.73 Å². The number of halogens is 2. The first-order chi connectivity index (χ1) is 13.1. The number of sulfonamides is 1. The Morgan fingerprint density at radius 2 is 1.82 bits per heavy atom. The molecule has 0 saturated carbocycles. The van der Waals surface area contributed by atoms with Gasteiger partial charge in [0.1, 0.15) is 6.04 Å². The lowest BCUT2D eigenvalue weighted by molar-refractivity contribution is -0.117. The lowest BCUT2D eigenvalue weighted by Crippen LogP contribution is -2.47. The predicted octanol–water partition coefficient (Wildman–Crippen LogP) is 3.28. The molecular weight excluding hydrogens is 425 g/mol. The van der Waals surface area contributed by atoms with E-state index in [1.54, 1.807) is 19.1 Å². The molecule has 0 bridgehead atoms. The minimum Gasteiger partial charge on any atom is -0.366 e. The van der Waals surface area contributed by atoms with E-state index in [9.17, 15) is 18.0 Å². The summed E-state index contributed by atoms with van der Waals surface area (Å²) < 4.78 is 25.9. The third kappa shape index (κ3) is 4.95. The zero-order valence-corrected chi connectivity index (χ0v) is 17.5. The molecular formula is C18H19Cl2N3O4S. The molecule has 28 heavy (non-hydrogen) atoms. The molecule has 150 valence electrons. The quantitative estimate of drug-likeness (QED) is 0.683. The van der Waals surface area contributed by atoms with Gasteiger partial charge >= 0.3 is 0 Å². The van der Waals surface area contributed by atoms with E-state index in [2.05, 4.69) is 5.32 Å². The predicted molar refractivity (Wildman–Crippen MR) is 111 cm³/mol. The lowest BCUT2D eigenvalue weighted by Gasteiger charge is -2.31. The van der Waals surface area contributed by atoms with Crippen molar-refractivity contribution in [2.75, 3.05) is 15.9 Å². The van der Waals surface area contributed by atoms with E-state index in [4.69, 9.17) is 28.9 Å². The summed E-state index contributed by atoms with van der Waals surface area (Å²) in [5, 5.41) is 2.97. The van der Waals surface area contributed by atoms with Gasteiger partial charge in [0.05, 0.1) is 28.2 Å². The molecule has 2 aromatic carbocycles. The highest BCUT2D eigenvalue weighted by Gasteiger charge is 2.33. The molecule has 0 radical (unpaired) electrons. The maximum atomic E-state index is 12.9. The Kier molecular flexibility index (Phi) is 6.92. The van der Waals surface area contributed by atoms with Crippen molar-refractivity contribution in [2.45, 2.75) is 19.4 Å². The van der Waals surface area contributed by atoms with E-state index in [1.807, 2.05) is 0 Å². The number of carbonyl (C=O) groups excluding carboxylic acids is 2. The van der Waals surface area contributed by atoms with E-state index >= 15 is 0 Å². The number of nitrogens with zero attached hydrogens (tertiary/aromatic N) is 1. The Morgan fingerprint density at radius 1 is 1.18 bits per heavy atom. The van der Waals surface area contributed by atoms with Crippen LogP contribution in [0.5, 0.6) is 0 Å². The van der Waals surface area contributed by atoms with E-state index in [0.29, 0.717) is 0 Å². The molecule has 0 spiro atoms. The SMILES string of the molecule is CCC(C(=O)Nc1ccccc1C(N)=O)N(c1cc(Cl)ccc1Cl)S(C)(=O)=O. The minimum atomic E-state index is -3.89. The normalized spacial score (nSPS) is 12.3. The topological polar surface area (TPSA) is 110 Å². The summed E-state index contributed by atoms with van der Waals surface area (Å²) in [7, 11) is -3.89. The zero-order chi connectivity index (χ0) is 21.1. The van der Waals surface area contributed by atoms with Gasteiger partial charge in [0, 0.05) is 5.02 Å². The van der Waals surface area contributed by atoms with E-state index in [0.717, 1.165) is 10.6 Å². The summed E-state index contributed by atoms with van der Waals surface area (Å²) in [4.78, 5) is 24.5. The third-order valence-corrected chi connectivity index (χ3v) is 5.65. The molecule has 0 aliphatic rings. The van der Waals surface area contributed by atoms with Gasteiger partial charge in [-0.25, -0.2) is 8.42 Å². The molecule has 3 N–H and O–H groups in total. The van der Waals surface area contributed by atoms with Crippen LogP contribution < -0.4 is 15.4 Å². The molecule has 2 amide bonds. The second-order valence-corrected chi connectivity index (χ2v) is 8.68. The highest BCUT2D eigenvalue weighted by Crippen LogP contribution is 2.33. The highest BCUT2D eigenvalue weighted by atomic mass is 35.5. The molecule has 0 saturated heterocycles. The highest BCUT2D eigenvalue weighted by molar-refractivity contribution is 7.92. The Morgan fingerprint density at radius 3 is 2.39 bits per heavy atom. The number of anilines is 2. The standard InChI is InChI=1S/C18H19Cl2N3O4S/c1-3-15(18(25)22-14-7-5-4-6-12(14)17(21)24)23(28(2,26)27)16-10-11(19)8-9-13(16)20/h4-10,15H,3H2,1-2H3,(H2,21,24)(H,22,25). The maximum Gasteiger partial charge on any atom is 0.250 e. The van der Waals surface area contributed by atoms with Crippen LogP contribution in [0, 0.1) is 0 Å². The fourth-order valence-electron chi connectivity index (χ4n) is 2.71. The number of hydrogen-bond donors (Lipinski definition) is 2. The summed E-state index contributed by atoms with van der Waals surface area (Å²) in [5.41, 5.74) is 5.70. The third-order valence-electron chi connectivity index (χ3n) is 3.93. The summed E-state index contributed by atoms with van der Waals surface area (Å²) in [5.74, 6) is -1.36. The maximum absolute atomic E-state index is 12.9. The number of benzene rings is 2. The van der Waals surface area contributed by atoms with Crippen molar-refractivity contribution < 1.29 is 18.0 Å². The molecule has 1 unspecified atom stereocenters. The van der Waals surface area contributed by atoms with Crippen LogP contribution >= 0.6 is 23.2 Å². The van der Waals surface area contributed by atoms with Crippen LogP contribution in [0.15, 0.2) is 42.5 Å². The van der Waals surface area contributed by atoms with Crippen LogP contribution in [0.25, 0.3) is 0 Å². The number of hydrogen-bond acceptors (Lipinski definition) is 4. The van der Waals surface area contributed by atoms with Crippen molar-refractivity contribution in [3.8, 4) is 0 Å². The number of amides is 2. The molecule has 7 nitrogen and oxygen atoms in total.